The number of nitrogens with two attached hydrogens (primary N) is 1. The molecule has 2 atom stereocenters. The maximum Gasteiger partial charge on any atom is 0.0127 e. The van der Waals surface area contributed by atoms with E-state index in [1.54, 1.807) is 0 Å². The third-order valence-electron chi connectivity index (χ3n) is 2.28. The van der Waals surface area contributed by atoms with Crippen LogP contribution >= 0.6 is 0 Å². The Hall–Kier alpha value is -0.0800. The van der Waals surface area contributed by atoms with Gasteiger partial charge in [0.05, 0.1) is 0 Å². The highest BCUT2D eigenvalue weighted by molar-refractivity contribution is 4.72. The Balaban J connectivity index is 3.87. The molecule has 0 aromatic heterocycles. The van der Waals surface area contributed by atoms with Crippen molar-refractivity contribution in [3.8, 4) is 0 Å². The van der Waals surface area contributed by atoms with E-state index in [2.05, 4.69) is 32.8 Å². The molecule has 2 unspecified atom stereocenters. The lowest BCUT2D eigenvalue weighted by molar-refractivity contribution is 0.210. The van der Waals surface area contributed by atoms with Crippen LogP contribution in [0.25, 0.3) is 0 Å². The van der Waals surface area contributed by atoms with Gasteiger partial charge in [0.25, 0.3) is 0 Å². The zero-order chi connectivity index (χ0) is 8.85. The minimum atomic E-state index is 0.616. The number of rotatable bonds is 5. The third kappa shape index (κ3) is 3.73. The lowest BCUT2D eigenvalue weighted by atomic mass is 9.97. The Kier molecular flexibility index (Phi) is 5.51. The van der Waals surface area contributed by atoms with Crippen LogP contribution in [0.3, 0.4) is 0 Å². The van der Waals surface area contributed by atoms with E-state index in [1.807, 2.05) is 0 Å². The van der Waals surface area contributed by atoms with Gasteiger partial charge in [-0.25, -0.2) is 0 Å². The second-order valence-corrected chi connectivity index (χ2v) is 3.53. The largest absolute Gasteiger partial charge is 0.330 e. The van der Waals surface area contributed by atoms with Crippen LogP contribution in [0.2, 0.25) is 0 Å². The lowest BCUT2D eigenvalue weighted by Gasteiger charge is -2.28. The molecule has 0 rings (SSSR count). The molecule has 0 bridgehead atoms. The zero-order valence-electron chi connectivity index (χ0n) is 8.30. The van der Waals surface area contributed by atoms with Crippen molar-refractivity contribution in [1.82, 2.24) is 4.90 Å². The van der Waals surface area contributed by atoms with Crippen molar-refractivity contribution in [2.45, 2.75) is 32.7 Å². The van der Waals surface area contributed by atoms with Gasteiger partial charge in [-0.2, -0.15) is 0 Å². The predicted octanol–water partition coefficient (Wildman–Crippen LogP) is 1.31. The van der Waals surface area contributed by atoms with Crippen LogP contribution in [0, 0.1) is 5.92 Å². The van der Waals surface area contributed by atoms with Crippen molar-refractivity contribution in [2.75, 3.05) is 20.6 Å². The van der Waals surface area contributed by atoms with Crippen molar-refractivity contribution >= 4 is 0 Å². The second kappa shape index (κ2) is 5.56. The molecule has 2 N–H and O–H groups in total. The van der Waals surface area contributed by atoms with Crippen LogP contribution < -0.4 is 5.73 Å². The van der Waals surface area contributed by atoms with E-state index in [4.69, 9.17) is 5.73 Å². The van der Waals surface area contributed by atoms with Gasteiger partial charge in [0, 0.05) is 6.04 Å². The Morgan fingerprint density at radius 3 is 2.18 bits per heavy atom. The highest BCUT2D eigenvalue weighted by Crippen LogP contribution is 2.12. The van der Waals surface area contributed by atoms with E-state index >= 15 is 0 Å². The van der Waals surface area contributed by atoms with Gasteiger partial charge >= 0.3 is 0 Å². The SMILES string of the molecule is CCCC(C(C)CN)N(C)C. The normalized spacial score (nSPS) is 16.9. The summed E-state index contributed by atoms with van der Waals surface area (Å²) in [5.74, 6) is 0.616. The first kappa shape index (κ1) is 10.9. The van der Waals surface area contributed by atoms with Gasteiger partial charge in [0.15, 0.2) is 0 Å². The Morgan fingerprint density at radius 2 is 1.91 bits per heavy atom. The fourth-order valence-corrected chi connectivity index (χ4v) is 1.50. The minimum absolute atomic E-state index is 0.616. The standard InChI is InChI=1S/C9H22N2/c1-5-6-9(11(3)4)8(2)7-10/h8-9H,5-7,10H2,1-4H3. The molecular formula is C9H22N2. The van der Waals surface area contributed by atoms with Crippen molar-refractivity contribution in [1.29, 1.82) is 0 Å². The maximum absolute atomic E-state index is 5.61. The van der Waals surface area contributed by atoms with E-state index in [1.165, 1.54) is 12.8 Å². The zero-order valence-corrected chi connectivity index (χ0v) is 8.30. The van der Waals surface area contributed by atoms with Gasteiger partial charge in [-0.3, -0.25) is 0 Å². The first-order chi connectivity index (χ1) is 5.13. The number of hydrogen-bond acceptors (Lipinski definition) is 2. The van der Waals surface area contributed by atoms with E-state index in [0.717, 1.165) is 6.54 Å². The van der Waals surface area contributed by atoms with Crippen LogP contribution in [0.4, 0.5) is 0 Å². The average molecular weight is 158 g/mol. The van der Waals surface area contributed by atoms with Gasteiger partial charge in [0.2, 0.25) is 0 Å². The highest BCUT2D eigenvalue weighted by atomic mass is 15.1. The molecule has 0 fully saturated rings. The fraction of sp³-hybridized carbons (Fsp3) is 1.00. The molecule has 68 valence electrons. The van der Waals surface area contributed by atoms with Crippen LogP contribution in [0.15, 0.2) is 0 Å². The Bertz CT molecular complexity index is 91.6. The molecule has 0 aliphatic rings. The fourth-order valence-electron chi connectivity index (χ4n) is 1.50. The number of nitrogens with zero attached hydrogens (tertiary/aromatic N) is 1. The molecule has 0 aromatic carbocycles. The molecule has 0 aliphatic carbocycles. The molecule has 0 aliphatic heterocycles. The first-order valence-corrected chi connectivity index (χ1v) is 4.50. The van der Waals surface area contributed by atoms with E-state index in [9.17, 15) is 0 Å². The molecule has 0 spiro atoms. The monoisotopic (exact) mass is 158 g/mol. The molecule has 0 heterocycles. The van der Waals surface area contributed by atoms with Crippen LogP contribution in [0.1, 0.15) is 26.7 Å². The average Bonchev–Trinajstić information content (AvgIpc) is 1.98. The summed E-state index contributed by atoms with van der Waals surface area (Å²) in [5, 5.41) is 0. The molecule has 2 heteroatoms. The predicted molar refractivity (Wildman–Crippen MR) is 50.6 cm³/mol. The third-order valence-corrected chi connectivity index (χ3v) is 2.28. The summed E-state index contributed by atoms with van der Waals surface area (Å²) in [7, 11) is 4.26. The molecule has 2 nitrogen and oxygen atoms in total. The van der Waals surface area contributed by atoms with E-state index in [-0.39, 0.29) is 0 Å². The molecular weight excluding hydrogens is 136 g/mol. The Labute approximate surface area is 70.8 Å². The molecule has 0 saturated heterocycles. The molecule has 0 aromatic rings. The summed E-state index contributed by atoms with van der Waals surface area (Å²) < 4.78 is 0. The lowest BCUT2D eigenvalue weighted by Crippen LogP contribution is -2.37. The van der Waals surface area contributed by atoms with Crippen LogP contribution in [-0.2, 0) is 0 Å². The van der Waals surface area contributed by atoms with Gasteiger partial charge in [0.1, 0.15) is 0 Å². The van der Waals surface area contributed by atoms with Crippen molar-refractivity contribution < 1.29 is 0 Å². The van der Waals surface area contributed by atoms with Gasteiger partial charge in [-0.15, -0.1) is 0 Å². The van der Waals surface area contributed by atoms with E-state index in [0.29, 0.717) is 12.0 Å². The van der Waals surface area contributed by atoms with Gasteiger partial charge in [-0.1, -0.05) is 20.3 Å². The number of hydrogen-bond donors (Lipinski definition) is 1. The molecule has 0 saturated carbocycles. The summed E-state index contributed by atoms with van der Waals surface area (Å²) in [5.41, 5.74) is 5.61. The summed E-state index contributed by atoms with van der Waals surface area (Å²) in [6.07, 6.45) is 2.50. The van der Waals surface area contributed by atoms with Crippen molar-refractivity contribution in [3.05, 3.63) is 0 Å². The van der Waals surface area contributed by atoms with Gasteiger partial charge in [-0.05, 0) is 33.0 Å². The quantitative estimate of drug-likeness (QED) is 0.653. The first-order valence-electron chi connectivity index (χ1n) is 4.50. The highest BCUT2D eigenvalue weighted by Gasteiger charge is 2.16. The van der Waals surface area contributed by atoms with Crippen LogP contribution in [0.5, 0.6) is 0 Å². The summed E-state index contributed by atoms with van der Waals surface area (Å²) in [6, 6.07) is 0.657. The summed E-state index contributed by atoms with van der Waals surface area (Å²) in [6.45, 7) is 5.24. The summed E-state index contributed by atoms with van der Waals surface area (Å²) in [4.78, 5) is 2.28. The Morgan fingerprint density at radius 1 is 1.36 bits per heavy atom. The topological polar surface area (TPSA) is 29.3 Å². The van der Waals surface area contributed by atoms with Crippen molar-refractivity contribution in [2.24, 2.45) is 11.7 Å². The maximum atomic E-state index is 5.61. The molecule has 0 radical (unpaired) electrons. The van der Waals surface area contributed by atoms with E-state index < -0.39 is 0 Å². The smallest absolute Gasteiger partial charge is 0.0127 e. The summed E-state index contributed by atoms with van der Waals surface area (Å²) >= 11 is 0. The van der Waals surface area contributed by atoms with Crippen LogP contribution in [-0.4, -0.2) is 31.6 Å². The van der Waals surface area contributed by atoms with Gasteiger partial charge < -0.3 is 10.6 Å². The second-order valence-electron chi connectivity index (χ2n) is 3.53. The molecule has 0 amide bonds. The van der Waals surface area contributed by atoms with Crippen molar-refractivity contribution in [3.63, 3.8) is 0 Å². The minimum Gasteiger partial charge on any atom is -0.330 e. The molecule has 11 heavy (non-hydrogen) atoms.